The van der Waals surface area contributed by atoms with E-state index in [4.69, 9.17) is 5.11 Å². The Morgan fingerprint density at radius 3 is 2.67 bits per heavy atom. The first-order valence-corrected chi connectivity index (χ1v) is 10.5. The van der Waals surface area contributed by atoms with Gasteiger partial charge in [-0.1, -0.05) is 26.0 Å². The first-order chi connectivity index (χ1) is 15.4. The summed E-state index contributed by atoms with van der Waals surface area (Å²) in [7, 11) is 1.73. The Hall–Kier alpha value is -3.50. The van der Waals surface area contributed by atoms with Crippen molar-refractivity contribution in [2.75, 3.05) is 24.5 Å². The summed E-state index contributed by atoms with van der Waals surface area (Å²) in [6, 6.07) is 4.93. The molecule has 11 heteroatoms. The zero-order chi connectivity index (χ0) is 24.1. The molecule has 0 bridgehead atoms. The smallest absolute Gasteiger partial charge is 0.407 e. The predicted octanol–water partition coefficient (Wildman–Crippen LogP) is 3.14. The lowest BCUT2D eigenvalue weighted by Gasteiger charge is -2.39. The number of alkyl halides is 2. The van der Waals surface area contributed by atoms with Crippen LogP contribution in [0, 0.1) is 5.41 Å². The van der Waals surface area contributed by atoms with Gasteiger partial charge in [-0.05, 0) is 29.5 Å². The van der Waals surface area contributed by atoms with E-state index in [2.05, 4.69) is 10.4 Å². The van der Waals surface area contributed by atoms with Crippen molar-refractivity contribution >= 4 is 34.8 Å². The SMILES string of the molecule is Cn1nc(N2CCC(=O)NC2=O)c2ccc(CC(C)(C)C3=CCN(C(=O)O)CC3(F)F)cc21. The van der Waals surface area contributed by atoms with E-state index in [1.807, 2.05) is 12.1 Å². The average molecular weight is 461 g/mol. The van der Waals surface area contributed by atoms with Crippen molar-refractivity contribution in [3.63, 3.8) is 0 Å². The van der Waals surface area contributed by atoms with E-state index < -0.39 is 30.0 Å². The number of imide groups is 1. The van der Waals surface area contributed by atoms with Crippen molar-refractivity contribution in [2.45, 2.75) is 32.6 Å². The van der Waals surface area contributed by atoms with Crippen molar-refractivity contribution in [2.24, 2.45) is 12.5 Å². The molecule has 33 heavy (non-hydrogen) atoms. The number of nitrogens with one attached hydrogen (secondary N) is 1. The fraction of sp³-hybridized carbons (Fsp3) is 0.455. The molecule has 0 unspecified atom stereocenters. The Labute approximate surface area is 188 Å². The van der Waals surface area contributed by atoms with E-state index in [1.165, 1.54) is 11.0 Å². The van der Waals surface area contributed by atoms with Crippen LogP contribution in [0.15, 0.2) is 29.8 Å². The summed E-state index contributed by atoms with van der Waals surface area (Å²) in [6.45, 7) is 2.73. The van der Waals surface area contributed by atoms with Crippen LogP contribution in [-0.4, -0.2) is 63.4 Å². The van der Waals surface area contributed by atoms with Gasteiger partial charge in [0.1, 0.15) is 0 Å². The number of amides is 4. The van der Waals surface area contributed by atoms with Gasteiger partial charge in [0.05, 0.1) is 12.1 Å². The number of aromatic nitrogens is 2. The van der Waals surface area contributed by atoms with Crippen molar-refractivity contribution in [1.29, 1.82) is 0 Å². The highest BCUT2D eigenvalue weighted by atomic mass is 19.3. The molecule has 2 aliphatic rings. The molecule has 4 rings (SSSR count). The van der Waals surface area contributed by atoms with Gasteiger partial charge in [0.2, 0.25) is 5.91 Å². The zero-order valence-electron chi connectivity index (χ0n) is 18.6. The third-order valence-corrected chi connectivity index (χ3v) is 6.15. The quantitative estimate of drug-likeness (QED) is 0.681. The molecule has 0 aliphatic carbocycles. The molecule has 1 aromatic heterocycles. The second-order valence-corrected chi connectivity index (χ2v) is 9.10. The Morgan fingerprint density at radius 2 is 2.03 bits per heavy atom. The minimum atomic E-state index is -3.26. The number of carbonyl (C=O) groups is 3. The molecule has 2 aliphatic heterocycles. The number of nitrogens with zero attached hydrogens (tertiary/aromatic N) is 4. The number of benzene rings is 1. The van der Waals surface area contributed by atoms with Crippen LogP contribution in [0.5, 0.6) is 0 Å². The van der Waals surface area contributed by atoms with Gasteiger partial charge < -0.3 is 5.11 Å². The van der Waals surface area contributed by atoms with E-state index >= 15 is 0 Å². The second-order valence-electron chi connectivity index (χ2n) is 9.10. The van der Waals surface area contributed by atoms with Crippen LogP contribution in [0.4, 0.5) is 24.2 Å². The largest absolute Gasteiger partial charge is 0.465 e. The van der Waals surface area contributed by atoms with Crippen LogP contribution in [0.25, 0.3) is 10.9 Å². The maximum atomic E-state index is 14.8. The Kier molecular flexibility index (Phi) is 5.38. The van der Waals surface area contributed by atoms with Gasteiger partial charge in [0, 0.05) is 37.5 Å². The maximum absolute atomic E-state index is 14.8. The summed E-state index contributed by atoms with van der Waals surface area (Å²) in [5.41, 5.74) is 0.533. The fourth-order valence-electron chi connectivity index (χ4n) is 4.62. The van der Waals surface area contributed by atoms with E-state index in [9.17, 15) is 23.2 Å². The lowest BCUT2D eigenvalue weighted by atomic mass is 9.74. The highest BCUT2D eigenvalue weighted by molar-refractivity contribution is 6.08. The topological polar surface area (TPSA) is 108 Å². The number of rotatable bonds is 4. The molecule has 4 amide bonds. The van der Waals surface area contributed by atoms with Crippen LogP contribution >= 0.6 is 0 Å². The predicted molar refractivity (Wildman–Crippen MR) is 116 cm³/mol. The van der Waals surface area contributed by atoms with Crippen LogP contribution in [0.2, 0.25) is 0 Å². The molecule has 1 aromatic carbocycles. The summed E-state index contributed by atoms with van der Waals surface area (Å²) < 4.78 is 31.2. The number of carbonyl (C=O) groups excluding carboxylic acids is 2. The van der Waals surface area contributed by atoms with E-state index in [-0.39, 0.29) is 31.0 Å². The van der Waals surface area contributed by atoms with Crippen LogP contribution < -0.4 is 10.2 Å². The Morgan fingerprint density at radius 1 is 1.30 bits per heavy atom. The lowest BCUT2D eigenvalue weighted by Crippen LogP contribution is -2.49. The van der Waals surface area contributed by atoms with E-state index in [0.717, 1.165) is 11.1 Å². The van der Waals surface area contributed by atoms with Crippen LogP contribution in [0.3, 0.4) is 0 Å². The first kappa shape index (κ1) is 22.7. The monoisotopic (exact) mass is 461 g/mol. The molecule has 9 nitrogen and oxygen atoms in total. The highest BCUT2D eigenvalue weighted by Gasteiger charge is 2.46. The Balaban J connectivity index is 1.62. The molecular formula is C22H25F2N5O4. The number of aryl methyl sites for hydroxylation is 1. The van der Waals surface area contributed by atoms with Crippen LogP contribution in [-0.2, 0) is 18.3 Å². The Bertz CT molecular complexity index is 1190. The highest BCUT2D eigenvalue weighted by Crippen LogP contribution is 2.43. The maximum Gasteiger partial charge on any atom is 0.407 e. The van der Waals surface area contributed by atoms with Gasteiger partial charge in [0.15, 0.2) is 5.82 Å². The second kappa shape index (κ2) is 7.82. The van der Waals surface area contributed by atoms with Gasteiger partial charge in [-0.3, -0.25) is 24.6 Å². The number of carboxylic acid groups (broad SMARTS) is 1. The summed E-state index contributed by atoms with van der Waals surface area (Å²) >= 11 is 0. The average Bonchev–Trinajstić information content (AvgIpc) is 3.02. The van der Waals surface area contributed by atoms with E-state index in [0.29, 0.717) is 22.5 Å². The van der Waals surface area contributed by atoms with Gasteiger partial charge in [-0.25, -0.2) is 9.59 Å². The third-order valence-electron chi connectivity index (χ3n) is 6.15. The van der Waals surface area contributed by atoms with E-state index in [1.54, 1.807) is 31.6 Å². The third kappa shape index (κ3) is 4.14. The van der Waals surface area contributed by atoms with Gasteiger partial charge in [0.25, 0.3) is 5.92 Å². The van der Waals surface area contributed by atoms with Crippen LogP contribution in [0.1, 0.15) is 25.8 Å². The molecule has 2 aromatic rings. The van der Waals surface area contributed by atoms with Gasteiger partial charge >= 0.3 is 12.1 Å². The molecule has 0 spiro atoms. The van der Waals surface area contributed by atoms with Gasteiger partial charge in [-0.15, -0.1) is 0 Å². The molecule has 2 N–H and O–H groups in total. The molecule has 0 atom stereocenters. The minimum Gasteiger partial charge on any atom is -0.465 e. The first-order valence-electron chi connectivity index (χ1n) is 10.5. The summed E-state index contributed by atoms with van der Waals surface area (Å²) in [6.07, 6.45) is 0.427. The fourth-order valence-corrected chi connectivity index (χ4v) is 4.62. The molecule has 1 fully saturated rings. The van der Waals surface area contributed by atoms with Crippen molar-refractivity contribution in [1.82, 2.24) is 20.0 Å². The number of anilines is 1. The molecule has 176 valence electrons. The number of urea groups is 1. The summed E-state index contributed by atoms with van der Waals surface area (Å²) in [4.78, 5) is 36.9. The summed E-state index contributed by atoms with van der Waals surface area (Å²) in [5, 5.41) is 16.5. The van der Waals surface area contributed by atoms with Crippen molar-refractivity contribution in [3.05, 3.63) is 35.4 Å². The number of hydrogen-bond acceptors (Lipinski definition) is 4. The number of hydrogen-bond donors (Lipinski definition) is 2. The number of fused-ring (bicyclic) bond motifs is 1. The molecule has 0 radical (unpaired) electrons. The molecular weight excluding hydrogens is 436 g/mol. The zero-order valence-corrected chi connectivity index (χ0v) is 18.6. The van der Waals surface area contributed by atoms with Crippen molar-refractivity contribution in [3.8, 4) is 0 Å². The number of halogens is 2. The lowest BCUT2D eigenvalue weighted by molar-refractivity contribution is -0.120. The molecule has 0 saturated carbocycles. The molecule has 1 saturated heterocycles. The summed E-state index contributed by atoms with van der Waals surface area (Å²) in [5.74, 6) is -3.16. The normalized spacial score (nSPS) is 19.0. The van der Waals surface area contributed by atoms with Gasteiger partial charge in [-0.2, -0.15) is 13.9 Å². The van der Waals surface area contributed by atoms with Crippen molar-refractivity contribution < 1.29 is 28.3 Å². The standard InChI is InChI=1S/C22H25F2N5O4/c1-21(2,16-6-8-28(20(32)33)12-22(16,23)24)11-13-4-5-14-15(10-13)27(3)26-18(14)29-9-7-17(30)25-19(29)31/h4-6,10H,7-9,11-12H2,1-3H3,(H,32,33)(H,25,30,31). The minimum absolute atomic E-state index is 0.0752. The molecule has 3 heterocycles.